The monoisotopic (exact) mass is 270 g/mol. The van der Waals surface area contributed by atoms with Crippen molar-refractivity contribution in [3.05, 3.63) is 46.5 Å². The minimum Gasteiger partial charge on any atom is -0.497 e. The highest BCUT2D eigenvalue weighted by atomic mass is 32.1. The SMILES string of the molecule is CCO/C(C)=C(\C#N)c1nc(-c2ccccc2)cs1. The maximum absolute atomic E-state index is 9.24. The van der Waals surface area contributed by atoms with E-state index < -0.39 is 0 Å². The molecule has 0 bridgehead atoms. The highest BCUT2D eigenvalue weighted by Gasteiger charge is 2.12. The van der Waals surface area contributed by atoms with Crippen molar-refractivity contribution in [2.24, 2.45) is 0 Å². The van der Waals surface area contributed by atoms with E-state index in [0.29, 0.717) is 22.9 Å². The van der Waals surface area contributed by atoms with E-state index in [1.807, 2.05) is 42.6 Å². The number of benzene rings is 1. The van der Waals surface area contributed by atoms with E-state index in [2.05, 4.69) is 11.1 Å². The van der Waals surface area contributed by atoms with Crippen LogP contribution in [-0.2, 0) is 4.74 Å². The summed E-state index contributed by atoms with van der Waals surface area (Å²) in [4.78, 5) is 4.51. The molecule has 3 nitrogen and oxygen atoms in total. The van der Waals surface area contributed by atoms with E-state index in [1.54, 1.807) is 6.92 Å². The van der Waals surface area contributed by atoms with Gasteiger partial charge in [-0.25, -0.2) is 4.98 Å². The summed E-state index contributed by atoms with van der Waals surface area (Å²) in [5, 5.41) is 11.9. The fourth-order valence-corrected chi connectivity index (χ4v) is 2.57. The minimum absolute atomic E-state index is 0.508. The Hall–Kier alpha value is -2.12. The van der Waals surface area contributed by atoms with Gasteiger partial charge in [0.15, 0.2) is 0 Å². The van der Waals surface area contributed by atoms with Crippen LogP contribution in [-0.4, -0.2) is 11.6 Å². The Balaban J connectivity index is 2.36. The van der Waals surface area contributed by atoms with Crippen molar-refractivity contribution in [3.8, 4) is 17.3 Å². The van der Waals surface area contributed by atoms with Gasteiger partial charge in [0, 0.05) is 10.9 Å². The van der Waals surface area contributed by atoms with Gasteiger partial charge in [-0.05, 0) is 13.8 Å². The molecule has 1 aromatic heterocycles. The minimum atomic E-state index is 0.508. The number of hydrogen-bond acceptors (Lipinski definition) is 4. The first-order chi connectivity index (χ1) is 9.26. The summed E-state index contributed by atoms with van der Waals surface area (Å²) in [5.74, 6) is 0.624. The van der Waals surface area contributed by atoms with Gasteiger partial charge in [0.2, 0.25) is 0 Å². The Kier molecular flexibility index (Phi) is 4.32. The van der Waals surface area contributed by atoms with Gasteiger partial charge >= 0.3 is 0 Å². The van der Waals surface area contributed by atoms with E-state index in [1.165, 1.54) is 11.3 Å². The first-order valence-electron chi connectivity index (χ1n) is 6.01. The molecule has 0 amide bonds. The van der Waals surface area contributed by atoms with E-state index in [0.717, 1.165) is 11.3 Å². The van der Waals surface area contributed by atoms with E-state index >= 15 is 0 Å². The lowest BCUT2D eigenvalue weighted by molar-refractivity contribution is 0.234. The van der Waals surface area contributed by atoms with Crippen LogP contribution >= 0.6 is 11.3 Å². The van der Waals surface area contributed by atoms with Crippen LogP contribution in [0.4, 0.5) is 0 Å². The predicted octanol–water partition coefficient (Wildman–Crippen LogP) is 4.10. The van der Waals surface area contributed by atoms with Gasteiger partial charge in [-0.2, -0.15) is 5.26 Å². The van der Waals surface area contributed by atoms with Gasteiger partial charge in [0.25, 0.3) is 0 Å². The molecule has 0 N–H and O–H groups in total. The standard InChI is InChI=1S/C15H14N2OS/c1-3-18-11(2)13(9-16)15-17-14(10-19-15)12-7-5-4-6-8-12/h4-8,10H,3H2,1-2H3/b13-11+. The largest absolute Gasteiger partial charge is 0.497 e. The summed E-state index contributed by atoms with van der Waals surface area (Å²) in [5.41, 5.74) is 2.45. The molecule has 1 heterocycles. The zero-order valence-corrected chi connectivity index (χ0v) is 11.7. The molecule has 0 fully saturated rings. The van der Waals surface area contributed by atoms with Crippen molar-refractivity contribution in [2.75, 3.05) is 6.61 Å². The van der Waals surface area contributed by atoms with Crippen molar-refractivity contribution >= 4 is 16.9 Å². The van der Waals surface area contributed by atoms with Crippen LogP contribution in [0.2, 0.25) is 0 Å². The summed E-state index contributed by atoms with van der Waals surface area (Å²) < 4.78 is 5.39. The van der Waals surface area contributed by atoms with Crippen molar-refractivity contribution < 1.29 is 4.74 Å². The van der Waals surface area contributed by atoms with Crippen LogP contribution in [0.1, 0.15) is 18.9 Å². The third-order valence-corrected chi connectivity index (χ3v) is 3.47. The zero-order valence-electron chi connectivity index (χ0n) is 10.9. The molecule has 0 aliphatic rings. The van der Waals surface area contributed by atoms with Gasteiger partial charge in [-0.15, -0.1) is 11.3 Å². The van der Waals surface area contributed by atoms with Gasteiger partial charge in [0.05, 0.1) is 12.3 Å². The average molecular weight is 270 g/mol. The molecule has 1 aromatic carbocycles. The highest BCUT2D eigenvalue weighted by Crippen LogP contribution is 2.27. The molecular formula is C15H14N2OS. The van der Waals surface area contributed by atoms with Crippen molar-refractivity contribution in [1.82, 2.24) is 4.98 Å². The molecule has 0 saturated carbocycles. The van der Waals surface area contributed by atoms with E-state index in [-0.39, 0.29) is 0 Å². The van der Waals surface area contributed by atoms with Crippen LogP contribution < -0.4 is 0 Å². The highest BCUT2D eigenvalue weighted by molar-refractivity contribution is 7.11. The quantitative estimate of drug-likeness (QED) is 0.620. The molecule has 0 unspecified atom stereocenters. The number of ether oxygens (including phenoxy) is 1. The number of allylic oxidation sites excluding steroid dienone is 2. The second kappa shape index (κ2) is 6.17. The molecular weight excluding hydrogens is 256 g/mol. The van der Waals surface area contributed by atoms with Gasteiger partial charge in [0.1, 0.15) is 22.4 Å². The Labute approximate surface area is 116 Å². The fourth-order valence-electron chi connectivity index (χ4n) is 1.70. The maximum Gasteiger partial charge on any atom is 0.138 e. The normalized spacial score (nSPS) is 11.6. The molecule has 2 aromatic rings. The Bertz CT molecular complexity index is 623. The number of rotatable bonds is 4. The Morgan fingerprint density at radius 3 is 2.74 bits per heavy atom. The van der Waals surface area contributed by atoms with E-state index in [9.17, 15) is 5.26 Å². The molecule has 2 rings (SSSR count). The van der Waals surface area contributed by atoms with Crippen LogP contribution in [0.25, 0.3) is 16.8 Å². The van der Waals surface area contributed by atoms with Gasteiger partial charge < -0.3 is 4.74 Å². The van der Waals surface area contributed by atoms with Crippen LogP contribution in [0, 0.1) is 11.3 Å². The number of nitrogens with zero attached hydrogens (tertiary/aromatic N) is 2. The third kappa shape index (κ3) is 3.01. The first kappa shape index (κ1) is 13.3. The maximum atomic E-state index is 9.24. The molecule has 4 heteroatoms. The summed E-state index contributed by atoms with van der Waals surface area (Å²) in [7, 11) is 0. The topological polar surface area (TPSA) is 45.9 Å². The molecule has 0 radical (unpaired) electrons. The third-order valence-electron chi connectivity index (χ3n) is 2.61. The van der Waals surface area contributed by atoms with Crippen LogP contribution in [0.15, 0.2) is 41.5 Å². The Morgan fingerprint density at radius 1 is 1.37 bits per heavy atom. The second-order valence-corrected chi connectivity index (χ2v) is 4.74. The first-order valence-corrected chi connectivity index (χ1v) is 6.89. The second-order valence-electron chi connectivity index (χ2n) is 3.88. The lowest BCUT2D eigenvalue weighted by atomic mass is 10.2. The van der Waals surface area contributed by atoms with Gasteiger partial charge in [-0.1, -0.05) is 30.3 Å². The van der Waals surface area contributed by atoms with Crippen LogP contribution in [0.3, 0.4) is 0 Å². The molecule has 0 atom stereocenters. The predicted molar refractivity (Wildman–Crippen MR) is 77.4 cm³/mol. The molecule has 0 spiro atoms. The summed E-state index contributed by atoms with van der Waals surface area (Å²) in [6.07, 6.45) is 0. The zero-order chi connectivity index (χ0) is 13.7. The van der Waals surface area contributed by atoms with E-state index in [4.69, 9.17) is 4.74 Å². The molecule has 0 saturated heterocycles. The molecule has 0 aliphatic heterocycles. The summed E-state index contributed by atoms with van der Waals surface area (Å²) >= 11 is 1.46. The fraction of sp³-hybridized carbons (Fsp3) is 0.200. The number of aromatic nitrogens is 1. The molecule has 0 aliphatic carbocycles. The Morgan fingerprint density at radius 2 is 2.11 bits per heavy atom. The van der Waals surface area contributed by atoms with Gasteiger partial charge in [-0.3, -0.25) is 0 Å². The summed E-state index contributed by atoms with van der Waals surface area (Å²) in [6.45, 7) is 4.25. The number of hydrogen-bond donors (Lipinski definition) is 0. The molecule has 19 heavy (non-hydrogen) atoms. The van der Waals surface area contributed by atoms with Crippen molar-refractivity contribution in [3.63, 3.8) is 0 Å². The lowest BCUT2D eigenvalue weighted by Crippen LogP contribution is -1.92. The number of nitriles is 1. The van der Waals surface area contributed by atoms with Crippen molar-refractivity contribution in [1.29, 1.82) is 5.26 Å². The summed E-state index contributed by atoms with van der Waals surface area (Å²) in [6, 6.07) is 12.1. The smallest absolute Gasteiger partial charge is 0.138 e. The lowest BCUT2D eigenvalue weighted by Gasteiger charge is -2.03. The van der Waals surface area contributed by atoms with Crippen LogP contribution in [0.5, 0.6) is 0 Å². The average Bonchev–Trinajstić information content (AvgIpc) is 2.90. The van der Waals surface area contributed by atoms with Crippen molar-refractivity contribution in [2.45, 2.75) is 13.8 Å². The molecule has 96 valence electrons. The number of thiazole rings is 1.